The van der Waals surface area contributed by atoms with Gasteiger partial charge in [0.25, 0.3) is 0 Å². The van der Waals surface area contributed by atoms with Crippen molar-refractivity contribution < 1.29 is 17.6 Å². The van der Waals surface area contributed by atoms with Gasteiger partial charge in [0.15, 0.2) is 0 Å². The van der Waals surface area contributed by atoms with Crippen molar-refractivity contribution in [2.45, 2.75) is 24.3 Å². The van der Waals surface area contributed by atoms with Gasteiger partial charge in [0.1, 0.15) is 11.9 Å². The highest BCUT2D eigenvalue weighted by Crippen LogP contribution is 2.24. The van der Waals surface area contributed by atoms with Gasteiger partial charge in [-0.1, -0.05) is 0 Å². The zero-order valence-corrected chi connectivity index (χ0v) is 14.8. The van der Waals surface area contributed by atoms with Gasteiger partial charge in [0, 0.05) is 12.2 Å². The summed E-state index contributed by atoms with van der Waals surface area (Å²) in [6, 6.07) is 10.8. The molecule has 1 aliphatic rings. The van der Waals surface area contributed by atoms with E-state index in [-0.39, 0.29) is 16.6 Å². The van der Waals surface area contributed by atoms with Crippen molar-refractivity contribution in [1.82, 2.24) is 4.72 Å². The number of hydrogen-bond donors (Lipinski definition) is 1. The van der Waals surface area contributed by atoms with Crippen molar-refractivity contribution in [3.05, 3.63) is 59.4 Å². The number of sulfonamides is 1. The van der Waals surface area contributed by atoms with Crippen molar-refractivity contribution in [3.8, 4) is 6.07 Å². The van der Waals surface area contributed by atoms with Crippen LogP contribution < -0.4 is 9.62 Å². The molecule has 134 valence electrons. The molecule has 1 heterocycles. The number of rotatable bonds is 4. The number of hydrogen-bond acceptors (Lipinski definition) is 4. The van der Waals surface area contributed by atoms with E-state index in [9.17, 15) is 17.6 Å². The Labute approximate surface area is 150 Å². The maximum absolute atomic E-state index is 13.4. The Morgan fingerprint density at radius 1 is 1.23 bits per heavy atom. The van der Waals surface area contributed by atoms with Crippen LogP contribution in [0.5, 0.6) is 0 Å². The topological polar surface area (TPSA) is 90.3 Å². The summed E-state index contributed by atoms with van der Waals surface area (Å²) in [5.41, 5.74) is 1.30. The SMILES string of the molecule is Cc1cc(N2CCC(NS(=O)(=O)c3ccc(C#N)cc3)C2=O)ccc1F. The second-order valence-electron chi connectivity index (χ2n) is 6.02. The molecule has 8 heteroatoms. The summed E-state index contributed by atoms with van der Waals surface area (Å²) in [6.45, 7) is 1.94. The fourth-order valence-electron chi connectivity index (χ4n) is 2.81. The molecule has 1 unspecified atom stereocenters. The third-order valence-electron chi connectivity index (χ3n) is 4.25. The molecule has 0 bridgehead atoms. The van der Waals surface area contributed by atoms with Gasteiger partial charge in [0.05, 0.1) is 16.5 Å². The fraction of sp³-hybridized carbons (Fsp3) is 0.222. The Balaban J connectivity index is 1.77. The number of carbonyl (C=O) groups is 1. The predicted molar refractivity (Wildman–Crippen MR) is 93.4 cm³/mol. The van der Waals surface area contributed by atoms with Gasteiger partial charge in [-0.25, -0.2) is 12.8 Å². The summed E-state index contributed by atoms with van der Waals surface area (Å²) >= 11 is 0. The van der Waals surface area contributed by atoms with Gasteiger partial charge in [-0.05, 0) is 61.4 Å². The number of nitrogens with zero attached hydrogens (tertiary/aromatic N) is 2. The standard InChI is InChI=1S/C18H16FN3O3S/c1-12-10-14(4-7-16(12)19)22-9-8-17(18(22)23)21-26(24,25)15-5-2-13(11-20)3-6-15/h2-7,10,17,21H,8-9H2,1H3. The summed E-state index contributed by atoms with van der Waals surface area (Å²) in [6.07, 6.45) is 0.310. The number of amides is 1. The molecule has 6 nitrogen and oxygen atoms in total. The first-order valence-electron chi connectivity index (χ1n) is 7.92. The van der Waals surface area contributed by atoms with E-state index in [4.69, 9.17) is 5.26 Å². The first-order valence-corrected chi connectivity index (χ1v) is 9.40. The van der Waals surface area contributed by atoms with Crippen LogP contribution in [0.1, 0.15) is 17.5 Å². The molecule has 3 rings (SSSR count). The van der Waals surface area contributed by atoms with Crippen LogP contribution in [0, 0.1) is 24.1 Å². The average Bonchev–Trinajstić information content (AvgIpc) is 2.97. The zero-order valence-electron chi connectivity index (χ0n) is 13.9. The van der Waals surface area contributed by atoms with E-state index in [0.717, 1.165) is 0 Å². The number of anilines is 1. The molecule has 0 radical (unpaired) electrons. The summed E-state index contributed by atoms with van der Waals surface area (Å²) in [5.74, 6) is -0.744. The minimum absolute atomic E-state index is 0.0135. The normalized spacial score (nSPS) is 17.3. The lowest BCUT2D eigenvalue weighted by atomic mass is 10.2. The third kappa shape index (κ3) is 3.45. The quantitative estimate of drug-likeness (QED) is 0.889. The molecule has 0 aromatic heterocycles. The molecule has 1 aliphatic heterocycles. The van der Waals surface area contributed by atoms with Crippen LogP contribution in [0.15, 0.2) is 47.4 Å². The number of halogens is 1. The van der Waals surface area contributed by atoms with E-state index < -0.39 is 16.1 Å². The Bertz CT molecular complexity index is 997. The van der Waals surface area contributed by atoms with Crippen LogP contribution in [0.25, 0.3) is 0 Å². The van der Waals surface area contributed by atoms with E-state index in [1.54, 1.807) is 13.0 Å². The maximum Gasteiger partial charge on any atom is 0.245 e. The van der Waals surface area contributed by atoms with Crippen LogP contribution in [-0.4, -0.2) is 26.9 Å². The third-order valence-corrected chi connectivity index (χ3v) is 5.74. The molecule has 2 aromatic carbocycles. The molecule has 0 saturated carbocycles. The Morgan fingerprint density at radius 3 is 2.54 bits per heavy atom. The summed E-state index contributed by atoms with van der Waals surface area (Å²) in [4.78, 5) is 14.0. The van der Waals surface area contributed by atoms with Gasteiger partial charge in [-0.3, -0.25) is 4.79 Å². The molecule has 26 heavy (non-hydrogen) atoms. The lowest BCUT2D eigenvalue weighted by Gasteiger charge is -2.18. The second kappa shape index (κ2) is 6.86. The van der Waals surface area contributed by atoms with Crippen LogP contribution in [-0.2, 0) is 14.8 Å². The van der Waals surface area contributed by atoms with E-state index in [0.29, 0.717) is 29.8 Å². The number of aryl methyl sites for hydroxylation is 1. The molecule has 2 aromatic rings. The van der Waals surface area contributed by atoms with Crippen LogP contribution >= 0.6 is 0 Å². The fourth-order valence-corrected chi connectivity index (χ4v) is 4.03. The van der Waals surface area contributed by atoms with E-state index >= 15 is 0 Å². The van der Waals surface area contributed by atoms with E-state index in [1.807, 2.05) is 6.07 Å². The molecule has 1 amide bonds. The van der Waals surface area contributed by atoms with Gasteiger partial charge in [-0.15, -0.1) is 0 Å². The van der Waals surface area contributed by atoms with Crippen LogP contribution in [0.3, 0.4) is 0 Å². The zero-order chi connectivity index (χ0) is 18.9. The van der Waals surface area contributed by atoms with Gasteiger partial charge in [0.2, 0.25) is 15.9 Å². The second-order valence-corrected chi connectivity index (χ2v) is 7.74. The lowest BCUT2D eigenvalue weighted by Crippen LogP contribution is -2.41. The first kappa shape index (κ1) is 18.0. The molecule has 1 atom stereocenters. The Morgan fingerprint density at radius 2 is 1.92 bits per heavy atom. The number of benzene rings is 2. The molecule has 1 N–H and O–H groups in total. The number of carbonyl (C=O) groups excluding carboxylic acids is 1. The first-order chi connectivity index (χ1) is 12.3. The highest BCUT2D eigenvalue weighted by atomic mass is 32.2. The lowest BCUT2D eigenvalue weighted by molar-refractivity contribution is -0.118. The predicted octanol–water partition coefficient (Wildman–Crippen LogP) is 2.09. The van der Waals surface area contributed by atoms with E-state index in [1.165, 1.54) is 41.3 Å². The Hall–Kier alpha value is -2.76. The highest BCUT2D eigenvalue weighted by Gasteiger charge is 2.35. The minimum atomic E-state index is -3.89. The van der Waals surface area contributed by atoms with Crippen molar-refractivity contribution in [2.24, 2.45) is 0 Å². The molecular weight excluding hydrogens is 357 g/mol. The van der Waals surface area contributed by atoms with Crippen molar-refractivity contribution >= 4 is 21.6 Å². The number of nitrogens with one attached hydrogen (secondary N) is 1. The summed E-state index contributed by atoms with van der Waals surface area (Å²) in [5, 5.41) is 8.78. The molecule has 1 fully saturated rings. The van der Waals surface area contributed by atoms with Gasteiger partial charge >= 0.3 is 0 Å². The monoisotopic (exact) mass is 373 g/mol. The van der Waals surface area contributed by atoms with Crippen LogP contribution in [0.4, 0.5) is 10.1 Å². The van der Waals surface area contributed by atoms with Gasteiger partial charge in [-0.2, -0.15) is 9.98 Å². The molecule has 0 spiro atoms. The van der Waals surface area contributed by atoms with Gasteiger partial charge < -0.3 is 4.90 Å². The smallest absolute Gasteiger partial charge is 0.245 e. The maximum atomic E-state index is 13.4. The van der Waals surface area contributed by atoms with Crippen LogP contribution in [0.2, 0.25) is 0 Å². The van der Waals surface area contributed by atoms with Crippen molar-refractivity contribution in [2.75, 3.05) is 11.4 Å². The van der Waals surface area contributed by atoms with Crippen molar-refractivity contribution in [3.63, 3.8) is 0 Å². The summed E-state index contributed by atoms with van der Waals surface area (Å²) in [7, 11) is -3.89. The Kier molecular flexibility index (Phi) is 4.76. The highest BCUT2D eigenvalue weighted by molar-refractivity contribution is 7.89. The summed E-state index contributed by atoms with van der Waals surface area (Å²) < 4.78 is 40.7. The molecule has 0 aliphatic carbocycles. The largest absolute Gasteiger partial charge is 0.311 e. The molecule has 1 saturated heterocycles. The number of nitriles is 1. The molecular formula is C18H16FN3O3S. The minimum Gasteiger partial charge on any atom is -0.311 e. The van der Waals surface area contributed by atoms with E-state index in [2.05, 4.69) is 4.72 Å². The average molecular weight is 373 g/mol. The van der Waals surface area contributed by atoms with Crippen molar-refractivity contribution in [1.29, 1.82) is 5.26 Å².